The summed E-state index contributed by atoms with van der Waals surface area (Å²) in [5.74, 6) is -3.51. The number of hydroxylamine groups is 1. The highest BCUT2D eigenvalue weighted by Gasteiger charge is 2.45. The number of halogens is 6. The molecule has 9 nitrogen and oxygen atoms in total. The lowest BCUT2D eigenvalue weighted by atomic mass is 9.97. The van der Waals surface area contributed by atoms with Gasteiger partial charge in [0.2, 0.25) is 5.82 Å². The van der Waals surface area contributed by atoms with Gasteiger partial charge in [-0.05, 0) is 28.8 Å². The lowest BCUT2D eigenvalue weighted by molar-refractivity contribution is -0.229. The maximum Gasteiger partial charge on any atom is 0.493 e. The number of nitriles is 1. The van der Waals surface area contributed by atoms with Crippen LogP contribution < -0.4 is 10.3 Å². The molecule has 0 saturated heterocycles. The Labute approximate surface area is 194 Å². The normalized spacial score (nSPS) is 11.9. The Morgan fingerprint density at radius 2 is 1.77 bits per heavy atom. The molecule has 0 aliphatic heterocycles. The van der Waals surface area contributed by atoms with E-state index in [0.717, 1.165) is 29.4 Å². The predicted molar refractivity (Wildman–Crippen MR) is 108 cm³/mol. The number of nitrogens with one attached hydrogen (secondary N) is 1. The van der Waals surface area contributed by atoms with Crippen LogP contribution in [-0.2, 0) is 15.8 Å². The van der Waals surface area contributed by atoms with Crippen molar-refractivity contribution in [3.63, 3.8) is 0 Å². The van der Waals surface area contributed by atoms with Crippen molar-refractivity contribution in [1.82, 2.24) is 15.1 Å². The Hall–Kier alpha value is -4.09. The minimum Gasteiger partial charge on any atom is -0.306 e. The topological polar surface area (TPSA) is 111 Å². The number of hydrogen-bond acceptors (Lipinski definition) is 7. The van der Waals surface area contributed by atoms with Crippen molar-refractivity contribution in [1.29, 1.82) is 5.26 Å². The number of hydrogen-bond donors (Lipinski definition) is 1. The third-order valence-electron chi connectivity index (χ3n) is 3.86. The molecule has 1 aromatic carbocycles. The van der Waals surface area contributed by atoms with Crippen LogP contribution in [0.25, 0.3) is 0 Å². The highest BCUT2D eigenvalue weighted by atomic mass is 19.4. The summed E-state index contributed by atoms with van der Waals surface area (Å²) in [7, 11) is 0. The van der Waals surface area contributed by atoms with E-state index in [0.29, 0.717) is 12.1 Å². The zero-order valence-corrected chi connectivity index (χ0v) is 18.4. The Bertz CT molecular complexity index is 1120. The molecule has 2 aromatic rings. The Balaban J connectivity index is 2.55. The molecule has 1 aromatic heterocycles. The Morgan fingerprint density at radius 3 is 2.31 bits per heavy atom. The van der Waals surface area contributed by atoms with Crippen LogP contribution in [0.15, 0.2) is 36.5 Å². The Morgan fingerprint density at radius 1 is 1.11 bits per heavy atom. The smallest absolute Gasteiger partial charge is 0.306 e. The van der Waals surface area contributed by atoms with Crippen LogP contribution in [0, 0.1) is 16.7 Å². The number of benzene rings is 1. The molecule has 15 heteroatoms. The molecule has 1 N–H and O–H groups in total. The molecule has 0 aliphatic rings. The molecule has 0 fully saturated rings. The molecule has 2 amide bonds. The van der Waals surface area contributed by atoms with Crippen molar-refractivity contribution >= 4 is 23.5 Å². The molecular weight excluding hydrogens is 486 g/mol. The van der Waals surface area contributed by atoms with Gasteiger partial charge in [0.15, 0.2) is 5.82 Å². The number of anilines is 2. The van der Waals surface area contributed by atoms with Crippen LogP contribution in [0.1, 0.15) is 32.2 Å². The molecule has 0 bridgehead atoms. The minimum absolute atomic E-state index is 0.120. The molecule has 188 valence electrons. The third-order valence-corrected chi connectivity index (χ3v) is 3.86. The zero-order valence-electron chi connectivity index (χ0n) is 18.4. The summed E-state index contributed by atoms with van der Waals surface area (Å²) in [5.41, 5.74) is -2.36. The first kappa shape index (κ1) is 27.2. The number of carbonyl (C=O) groups excluding carboxylic acids is 2. The number of carbonyl (C=O) groups is 2. The molecule has 0 spiro atoms. The van der Waals surface area contributed by atoms with E-state index in [1.165, 1.54) is 0 Å². The van der Waals surface area contributed by atoms with Gasteiger partial charge in [0.25, 0.3) is 0 Å². The van der Waals surface area contributed by atoms with Crippen LogP contribution in [0.3, 0.4) is 0 Å². The summed E-state index contributed by atoms with van der Waals surface area (Å²) in [6, 6.07) is 4.44. The molecule has 0 unspecified atom stereocenters. The first-order valence-corrected chi connectivity index (χ1v) is 9.59. The maximum absolute atomic E-state index is 13.0. The van der Waals surface area contributed by atoms with Gasteiger partial charge in [0, 0.05) is 24.5 Å². The maximum atomic E-state index is 13.0. The summed E-state index contributed by atoms with van der Waals surface area (Å²) >= 11 is 0. The van der Waals surface area contributed by atoms with E-state index in [1.54, 1.807) is 26.8 Å². The highest BCUT2D eigenvalue weighted by Crippen LogP contribution is 2.31. The van der Waals surface area contributed by atoms with Crippen molar-refractivity contribution in [3.05, 3.63) is 47.9 Å². The number of hydrazine groups is 1. The van der Waals surface area contributed by atoms with Crippen LogP contribution in [0.2, 0.25) is 0 Å². The van der Waals surface area contributed by atoms with Crippen LogP contribution in [0.4, 0.5) is 42.6 Å². The van der Waals surface area contributed by atoms with Gasteiger partial charge in [-0.25, -0.2) is 19.6 Å². The van der Waals surface area contributed by atoms with Gasteiger partial charge in [-0.3, -0.25) is 0 Å². The van der Waals surface area contributed by atoms with Gasteiger partial charge in [-0.2, -0.15) is 36.6 Å². The van der Waals surface area contributed by atoms with E-state index in [1.807, 2.05) is 5.32 Å². The number of aromatic nitrogens is 2. The summed E-state index contributed by atoms with van der Waals surface area (Å²) in [6.07, 6.45) is -9.22. The molecular formula is C20H18F6N6O3. The third kappa shape index (κ3) is 7.73. The fourth-order valence-corrected chi connectivity index (χ4v) is 2.51. The highest BCUT2D eigenvalue weighted by molar-refractivity contribution is 5.91. The number of nitrogens with zero attached hydrogens (tertiary/aromatic N) is 5. The van der Waals surface area contributed by atoms with Gasteiger partial charge in [-0.1, -0.05) is 26.8 Å². The second kappa shape index (κ2) is 10.0. The molecule has 0 radical (unpaired) electrons. The summed E-state index contributed by atoms with van der Waals surface area (Å²) in [4.78, 5) is 36.3. The van der Waals surface area contributed by atoms with Crippen molar-refractivity contribution in [2.45, 2.75) is 33.1 Å². The van der Waals surface area contributed by atoms with Gasteiger partial charge < -0.3 is 10.2 Å². The largest absolute Gasteiger partial charge is 0.493 e. The Kier molecular flexibility index (Phi) is 7.79. The van der Waals surface area contributed by atoms with Gasteiger partial charge >= 0.3 is 24.4 Å². The second-order valence-corrected chi connectivity index (χ2v) is 8.13. The van der Waals surface area contributed by atoms with Gasteiger partial charge in [0.1, 0.15) is 6.07 Å². The number of amides is 2. The van der Waals surface area contributed by atoms with Crippen LogP contribution in [0.5, 0.6) is 0 Å². The van der Waals surface area contributed by atoms with Crippen molar-refractivity contribution < 1.29 is 40.8 Å². The predicted octanol–water partition coefficient (Wildman–Crippen LogP) is 4.69. The van der Waals surface area contributed by atoms with Crippen LogP contribution >= 0.6 is 0 Å². The lowest BCUT2D eigenvalue weighted by Crippen LogP contribution is -2.54. The van der Waals surface area contributed by atoms with E-state index in [9.17, 15) is 35.9 Å². The fourth-order valence-electron chi connectivity index (χ4n) is 2.51. The van der Waals surface area contributed by atoms with Crippen molar-refractivity contribution in [3.8, 4) is 6.07 Å². The second-order valence-electron chi connectivity index (χ2n) is 8.13. The first-order chi connectivity index (χ1) is 16.0. The molecule has 1 heterocycles. The molecule has 35 heavy (non-hydrogen) atoms. The van der Waals surface area contributed by atoms with E-state index < -0.39 is 46.8 Å². The number of urea groups is 1. The van der Waals surface area contributed by atoms with Gasteiger partial charge in [0.05, 0.1) is 5.56 Å². The average molecular weight is 504 g/mol. The van der Waals surface area contributed by atoms with E-state index >= 15 is 0 Å². The van der Waals surface area contributed by atoms with Crippen molar-refractivity contribution in [2.75, 3.05) is 16.9 Å². The molecule has 0 atom stereocenters. The number of rotatable bonds is 4. The molecule has 2 rings (SSSR count). The summed E-state index contributed by atoms with van der Waals surface area (Å²) in [6.45, 7) is 4.58. The molecule has 0 aliphatic carbocycles. The van der Waals surface area contributed by atoms with Crippen molar-refractivity contribution in [2.24, 2.45) is 5.41 Å². The quantitative estimate of drug-likeness (QED) is 0.475. The monoisotopic (exact) mass is 504 g/mol. The van der Waals surface area contributed by atoms with E-state index in [-0.39, 0.29) is 17.5 Å². The number of alkyl halides is 6. The zero-order chi connectivity index (χ0) is 26.6. The van der Waals surface area contributed by atoms with E-state index in [4.69, 9.17) is 5.26 Å². The SMILES string of the molecule is CC(C)(C)CN(c1ccnc(C#N)n1)N(OC(=O)C(F)(F)F)C(=O)Nc1cccc(C(F)(F)F)c1. The first-order valence-electron chi connectivity index (χ1n) is 9.59. The van der Waals surface area contributed by atoms with Gasteiger partial charge in [-0.15, -0.1) is 0 Å². The lowest BCUT2D eigenvalue weighted by Gasteiger charge is -2.36. The van der Waals surface area contributed by atoms with Crippen LogP contribution in [-0.4, -0.2) is 39.9 Å². The fraction of sp³-hybridized carbons (Fsp3) is 0.350. The molecule has 0 saturated carbocycles. The standard InChI is InChI=1S/C20H18F6N6O3/c1-18(2,3)11-31(15-7-8-28-14(10-27)30-15)32(35-16(33)20(24,25)26)17(34)29-13-6-4-5-12(9-13)19(21,22)23/h4-9H,11H2,1-3H3,(H,29,34). The minimum atomic E-state index is -5.52. The summed E-state index contributed by atoms with van der Waals surface area (Å²) < 4.78 is 77.9. The summed E-state index contributed by atoms with van der Waals surface area (Å²) in [5, 5.41) is 11.6. The van der Waals surface area contributed by atoms with E-state index in [2.05, 4.69) is 14.8 Å². The average Bonchev–Trinajstić information content (AvgIpc) is 2.74.